The molecule has 0 saturated carbocycles. The molecule has 3 nitrogen and oxygen atoms in total. The van der Waals surface area contributed by atoms with Crippen molar-refractivity contribution in [2.24, 2.45) is 5.92 Å². The second-order valence-electron chi connectivity index (χ2n) is 8.65. The van der Waals surface area contributed by atoms with Crippen molar-refractivity contribution in [3.05, 3.63) is 35.9 Å². The maximum atomic E-state index is 15.0. The van der Waals surface area contributed by atoms with Crippen LogP contribution in [-0.2, 0) is 0 Å². The van der Waals surface area contributed by atoms with Gasteiger partial charge in [0.25, 0.3) is 0 Å². The lowest BCUT2D eigenvalue weighted by molar-refractivity contribution is -0.275. The molecule has 0 fully saturated rings. The van der Waals surface area contributed by atoms with E-state index >= 15 is 0 Å². The predicted molar refractivity (Wildman–Crippen MR) is 122 cm³/mol. The zero-order valence-corrected chi connectivity index (χ0v) is 19.6. The zero-order valence-electron chi connectivity index (χ0n) is 19.6. The second kappa shape index (κ2) is 11.8. The largest absolute Gasteiger partial charge is 0.573 e. The summed E-state index contributed by atoms with van der Waals surface area (Å²) in [4.78, 5) is 0. The van der Waals surface area contributed by atoms with E-state index in [1.165, 1.54) is 56.7 Å². The van der Waals surface area contributed by atoms with Gasteiger partial charge in [0, 0.05) is 10.8 Å². The van der Waals surface area contributed by atoms with Crippen molar-refractivity contribution >= 4 is 21.9 Å². The Hall–Kier alpha value is -2.51. The van der Waals surface area contributed by atoms with Gasteiger partial charge >= 0.3 is 6.36 Å². The SMILES string of the molecule is CCCCCC(CCC)CCCCOc1ccc2c(oc3c(F)c(OC(F)(F)F)ccc32)c1F. The minimum absolute atomic E-state index is 0.0354. The molecule has 3 rings (SSSR count). The number of rotatable bonds is 13. The number of ether oxygens (including phenoxy) is 2. The van der Waals surface area contributed by atoms with Crippen LogP contribution in [0.25, 0.3) is 21.9 Å². The molecule has 0 saturated heterocycles. The first-order chi connectivity index (χ1) is 16.2. The molecule has 0 bridgehead atoms. The number of hydrogen-bond donors (Lipinski definition) is 0. The summed E-state index contributed by atoms with van der Waals surface area (Å²) in [5.41, 5.74) is -0.771. The highest BCUT2D eigenvalue weighted by Gasteiger charge is 2.33. The Morgan fingerprint density at radius 2 is 1.35 bits per heavy atom. The van der Waals surface area contributed by atoms with Crippen LogP contribution in [0.5, 0.6) is 11.5 Å². The molecule has 0 aliphatic carbocycles. The summed E-state index contributed by atoms with van der Waals surface area (Å²) in [6.07, 6.45) is 5.17. The summed E-state index contributed by atoms with van der Waals surface area (Å²) in [5, 5.41) is 0.393. The molecule has 1 heterocycles. The van der Waals surface area contributed by atoms with Gasteiger partial charge in [-0.05, 0) is 43.0 Å². The van der Waals surface area contributed by atoms with Gasteiger partial charge in [0.1, 0.15) is 0 Å². The fourth-order valence-corrected chi connectivity index (χ4v) is 4.36. The Labute approximate surface area is 196 Å². The smallest absolute Gasteiger partial charge is 0.490 e. The van der Waals surface area contributed by atoms with Crippen molar-refractivity contribution in [1.82, 2.24) is 0 Å². The first-order valence-electron chi connectivity index (χ1n) is 12.0. The molecule has 0 aliphatic heterocycles. The van der Waals surface area contributed by atoms with Gasteiger partial charge in [-0.15, -0.1) is 13.2 Å². The fraction of sp³-hybridized carbons (Fsp3) is 0.538. The molecule has 1 unspecified atom stereocenters. The van der Waals surface area contributed by atoms with Crippen LogP contribution >= 0.6 is 0 Å². The average Bonchev–Trinajstić information content (AvgIpc) is 3.16. The topological polar surface area (TPSA) is 31.6 Å². The molecule has 2 aromatic carbocycles. The van der Waals surface area contributed by atoms with Crippen LogP contribution in [0.1, 0.15) is 71.6 Å². The van der Waals surface area contributed by atoms with Gasteiger partial charge in [0.15, 0.2) is 22.7 Å². The molecule has 0 radical (unpaired) electrons. The van der Waals surface area contributed by atoms with Crippen molar-refractivity contribution in [3.63, 3.8) is 0 Å². The number of halogens is 5. The van der Waals surface area contributed by atoms with E-state index in [1.54, 1.807) is 0 Å². The summed E-state index contributed by atoms with van der Waals surface area (Å²) in [7, 11) is 0. The standard InChI is InChI=1S/C26H31F5O3/c1-3-5-6-10-17(9-4-2)11-7-8-16-32-20-14-12-18-19-13-15-21(34-26(29,30)31)23(28)25(19)33-24(18)22(20)27/h12-15,17H,3-11,16H2,1-2H3. The molecule has 1 aromatic heterocycles. The Morgan fingerprint density at radius 3 is 1.94 bits per heavy atom. The lowest BCUT2D eigenvalue weighted by Crippen LogP contribution is -2.17. The van der Waals surface area contributed by atoms with Crippen LogP contribution in [0.4, 0.5) is 22.0 Å². The van der Waals surface area contributed by atoms with E-state index in [1.807, 2.05) is 0 Å². The zero-order chi connectivity index (χ0) is 24.7. The molecule has 0 N–H and O–H groups in total. The Bertz CT molecular complexity index is 1070. The first-order valence-corrected chi connectivity index (χ1v) is 12.0. The predicted octanol–water partition coefficient (Wildman–Crippen LogP) is 9.31. The van der Waals surface area contributed by atoms with E-state index in [4.69, 9.17) is 9.15 Å². The van der Waals surface area contributed by atoms with Gasteiger partial charge in [0.2, 0.25) is 11.6 Å². The van der Waals surface area contributed by atoms with Crippen LogP contribution in [0, 0.1) is 17.6 Å². The quantitative estimate of drug-likeness (QED) is 0.178. The number of unbranched alkanes of at least 4 members (excludes halogenated alkanes) is 3. The molecule has 0 aliphatic rings. The second-order valence-corrected chi connectivity index (χ2v) is 8.65. The lowest BCUT2D eigenvalue weighted by atomic mass is 9.91. The molecule has 188 valence electrons. The minimum Gasteiger partial charge on any atom is -0.490 e. The van der Waals surface area contributed by atoms with Crippen LogP contribution in [0.15, 0.2) is 28.7 Å². The summed E-state index contributed by atoms with van der Waals surface area (Å²) < 4.78 is 81.4. The highest BCUT2D eigenvalue weighted by Crippen LogP contribution is 2.39. The highest BCUT2D eigenvalue weighted by molar-refractivity contribution is 6.06. The summed E-state index contributed by atoms with van der Waals surface area (Å²) in [5.74, 6) is -2.51. The normalized spacial score (nSPS) is 13.0. The van der Waals surface area contributed by atoms with E-state index in [0.29, 0.717) is 12.5 Å². The van der Waals surface area contributed by atoms with Crippen molar-refractivity contribution in [2.45, 2.75) is 78.0 Å². The number of alkyl halides is 3. The van der Waals surface area contributed by atoms with Crippen molar-refractivity contribution in [2.75, 3.05) is 6.61 Å². The van der Waals surface area contributed by atoms with Gasteiger partial charge in [-0.25, -0.2) is 0 Å². The van der Waals surface area contributed by atoms with E-state index in [0.717, 1.165) is 25.3 Å². The third-order valence-electron chi connectivity index (χ3n) is 6.02. The molecule has 3 aromatic rings. The maximum Gasteiger partial charge on any atom is 0.573 e. The third-order valence-corrected chi connectivity index (χ3v) is 6.02. The molecular weight excluding hydrogens is 455 g/mol. The van der Waals surface area contributed by atoms with Crippen molar-refractivity contribution < 1.29 is 35.8 Å². The van der Waals surface area contributed by atoms with Crippen LogP contribution in [0.3, 0.4) is 0 Å². The van der Waals surface area contributed by atoms with Gasteiger partial charge in [-0.2, -0.15) is 8.78 Å². The van der Waals surface area contributed by atoms with E-state index in [-0.39, 0.29) is 22.1 Å². The lowest BCUT2D eigenvalue weighted by Gasteiger charge is -2.16. The average molecular weight is 487 g/mol. The molecule has 34 heavy (non-hydrogen) atoms. The van der Waals surface area contributed by atoms with Crippen LogP contribution in [0.2, 0.25) is 0 Å². The molecular formula is C26H31F5O3. The number of hydrogen-bond acceptors (Lipinski definition) is 3. The third kappa shape index (κ3) is 6.54. The van der Waals surface area contributed by atoms with Crippen LogP contribution in [-0.4, -0.2) is 13.0 Å². The van der Waals surface area contributed by atoms with Gasteiger partial charge in [0.05, 0.1) is 6.61 Å². The van der Waals surface area contributed by atoms with Gasteiger partial charge in [-0.1, -0.05) is 58.8 Å². The number of furan rings is 1. The molecule has 0 spiro atoms. The van der Waals surface area contributed by atoms with Crippen molar-refractivity contribution in [3.8, 4) is 11.5 Å². The first kappa shape index (κ1) is 26.1. The van der Waals surface area contributed by atoms with Crippen LogP contribution < -0.4 is 9.47 Å². The van der Waals surface area contributed by atoms with E-state index in [2.05, 4.69) is 18.6 Å². The maximum absolute atomic E-state index is 15.0. The molecule has 8 heteroatoms. The fourth-order valence-electron chi connectivity index (χ4n) is 4.36. The number of fused-ring (bicyclic) bond motifs is 3. The monoisotopic (exact) mass is 486 g/mol. The van der Waals surface area contributed by atoms with Crippen molar-refractivity contribution in [1.29, 1.82) is 0 Å². The summed E-state index contributed by atoms with van der Waals surface area (Å²) in [6.45, 7) is 4.72. The van der Waals surface area contributed by atoms with E-state index in [9.17, 15) is 22.0 Å². The van der Waals surface area contributed by atoms with Gasteiger partial charge < -0.3 is 13.9 Å². The molecule has 0 amide bonds. The highest BCUT2D eigenvalue weighted by atomic mass is 19.4. The molecule has 1 atom stereocenters. The number of benzene rings is 2. The summed E-state index contributed by atoms with van der Waals surface area (Å²) in [6, 6.07) is 4.98. The Balaban J connectivity index is 1.64. The Morgan fingerprint density at radius 1 is 0.765 bits per heavy atom. The van der Waals surface area contributed by atoms with E-state index < -0.39 is 29.3 Å². The Kier molecular flexibility index (Phi) is 9.03. The van der Waals surface area contributed by atoms with Gasteiger partial charge in [-0.3, -0.25) is 0 Å². The minimum atomic E-state index is -5.06. The summed E-state index contributed by atoms with van der Waals surface area (Å²) >= 11 is 0.